The van der Waals surface area contributed by atoms with Crippen molar-refractivity contribution < 1.29 is 41.4 Å². The van der Waals surface area contributed by atoms with E-state index in [2.05, 4.69) is 0 Å². The summed E-state index contributed by atoms with van der Waals surface area (Å²) in [6.45, 7) is 0. The fraction of sp³-hybridized carbons (Fsp3) is 0. The second-order valence-corrected chi connectivity index (χ2v) is 0. The van der Waals surface area contributed by atoms with Gasteiger partial charge in [0.2, 0.25) is 0 Å². The Bertz CT molecular complexity index is 7.51. The topological polar surface area (TPSA) is 126 Å². The summed E-state index contributed by atoms with van der Waals surface area (Å²) in [4.78, 5) is 0. The van der Waals surface area contributed by atoms with Crippen molar-refractivity contribution in [3.63, 3.8) is 0 Å². The third kappa shape index (κ3) is 61.9. The van der Waals surface area contributed by atoms with Crippen LogP contribution in [0, 0.1) is 0 Å². The molecule has 8 N–H and O–H groups in total. The standard InChI is InChI=1S/Mg.4H2O.Zn/h;4*1H2;. The Balaban J connectivity index is 0. The zero-order valence-electron chi connectivity index (χ0n) is 3.41. The summed E-state index contributed by atoms with van der Waals surface area (Å²) in [7, 11) is 0. The van der Waals surface area contributed by atoms with E-state index in [4.69, 9.17) is 0 Å². The Morgan fingerprint density at radius 2 is 0.500 bits per heavy atom. The summed E-state index contributed by atoms with van der Waals surface area (Å²) in [6.07, 6.45) is 0. The van der Waals surface area contributed by atoms with E-state index in [9.17, 15) is 0 Å². The van der Waals surface area contributed by atoms with Gasteiger partial charge in [-0.05, 0) is 0 Å². The molecule has 0 aliphatic heterocycles. The molecule has 0 saturated heterocycles. The minimum Gasteiger partial charge on any atom is -0.412 e. The Labute approximate surface area is 64.4 Å². The molecule has 0 aromatic rings. The second-order valence-electron chi connectivity index (χ2n) is 0. The van der Waals surface area contributed by atoms with Crippen LogP contribution >= 0.6 is 0 Å². The molecule has 0 aromatic carbocycles. The van der Waals surface area contributed by atoms with Gasteiger partial charge in [0.25, 0.3) is 0 Å². The van der Waals surface area contributed by atoms with Gasteiger partial charge in [0, 0.05) is 42.5 Å². The van der Waals surface area contributed by atoms with Crippen LogP contribution < -0.4 is 0 Å². The van der Waals surface area contributed by atoms with Gasteiger partial charge >= 0.3 is 0 Å². The fourth-order valence-corrected chi connectivity index (χ4v) is 0. The molecule has 0 aliphatic carbocycles. The first kappa shape index (κ1) is 186. The summed E-state index contributed by atoms with van der Waals surface area (Å²) in [5.74, 6) is 0. The summed E-state index contributed by atoms with van der Waals surface area (Å²) < 4.78 is 0. The van der Waals surface area contributed by atoms with Gasteiger partial charge in [-0.3, -0.25) is 0 Å². The van der Waals surface area contributed by atoms with Crippen molar-refractivity contribution in [2.24, 2.45) is 0 Å². The maximum atomic E-state index is 0. The number of hydrogen-bond donors (Lipinski definition) is 0. The number of rotatable bonds is 0. The van der Waals surface area contributed by atoms with E-state index in [-0.39, 0.29) is 64.4 Å². The van der Waals surface area contributed by atoms with E-state index in [1.165, 1.54) is 0 Å². The predicted octanol–water partition coefficient (Wildman–Crippen LogP) is -3.68. The molecule has 0 aliphatic rings. The molecule has 6 heavy (non-hydrogen) atoms. The van der Waals surface area contributed by atoms with Crippen LogP contribution in [0.15, 0.2) is 0 Å². The van der Waals surface area contributed by atoms with Crippen molar-refractivity contribution in [2.45, 2.75) is 0 Å². The molecule has 6 heteroatoms. The zero-order valence-corrected chi connectivity index (χ0v) is 7.80. The smallest absolute Gasteiger partial charge is 0 e. The van der Waals surface area contributed by atoms with E-state index in [1.807, 2.05) is 0 Å². The quantitative estimate of drug-likeness (QED) is 0.325. The van der Waals surface area contributed by atoms with Crippen LogP contribution in [0.4, 0.5) is 0 Å². The van der Waals surface area contributed by atoms with E-state index < -0.39 is 0 Å². The third-order valence-corrected chi connectivity index (χ3v) is 0. The van der Waals surface area contributed by atoms with Crippen LogP contribution in [-0.4, -0.2) is 45.0 Å². The van der Waals surface area contributed by atoms with Crippen molar-refractivity contribution in [1.29, 1.82) is 0 Å². The molecule has 36 valence electrons. The predicted molar refractivity (Wildman–Crippen MR) is 20.2 cm³/mol. The van der Waals surface area contributed by atoms with Gasteiger partial charge < -0.3 is 21.9 Å². The van der Waals surface area contributed by atoms with Crippen LogP contribution in [0.1, 0.15) is 0 Å². The molecular weight excluding hydrogens is 154 g/mol. The van der Waals surface area contributed by atoms with Crippen LogP contribution in [0.2, 0.25) is 0 Å². The fourth-order valence-electron chi connectivity index (χ4n) is 0. The molecule has 0 saturated carbocycles. The van der Waals surface area contributed by atoms with Gasteiger partial charge in [-0.15, -0.1) is 0 Å². The summed E-state index contributed by atoms with van der Waals surface area (Å²) in [5.41, 5.74) is 0. The third-order valence-electron chi connectivity index (χ3n) is 0. The second kappa shape index (κ2) is 113. The van der Waals surface area contributed by atoms with Gasteiger partial charge in [-0.1, -0.05) is 0 Å². The van der Waals surface area contributed by atoms with E-state index in [1.54, 1.807) is 0 Å². The average molecular weight is 162 g/mol. The van der Waals surface area contributed by atoms with Gasteiger partial charge in [-0.25, -0.2) is 0 Å². The molecule has 0 rings (SSSR count). The van der Waals surface area contributed by atoms with Crippen LogP contribution in [0.25, 0.3) is 0 Å². The molecule has 4 nitrogen and oxygen atoms in total. The normalized spacial score (nSPS) is 0. The minimum absolute atomic E-state index is 0. The molecule has 0 atom stereocenters. The Hall–Kier alpha value is 1.23. The molecular formula is H8MgO4Zn. The Morgan fingerprint density at radius 1 is 0.500 bits per heavy atom. The van der Waals surface area contributed by atoms with Crippen molar-refractivity contribution in [3.05, 3.63) is 0 Å². The van der Waals surface area contributed by atoms with Crippen molar-refractivity contribution in [1.82, 2.24) is 0 Å². The molecule has 2 radical (unpaired) electrons. The van der Waals surface area contributed by atoms with E-state index >= 15 is 0 Å². The maximum Gasteiger partial charge on any atom is 0 e. The number of hydrogen-bond acceptors (Lipinski definition) is 0. The van der Waals surface area contributed by atoms with Gasteiger partial charge in [0.1, 0.15) is 0 Å². The first-order valence-electron chi connectivity index (χ1n) is 0. The van der Waals surface area contributed by atoms with E-state index in [0.29, 0.717) is 0 Å². The monoisotopic (exact) mass is 160 g/mol. The molecule has 0 aromatic heterocycles. The van der Waals surface area contributed by atoms with Crippen LogP contribution in [0.5, 0.6) is 0 Å². The average Bonchev–Trinajstić information content (AvgIpc) is 0. The largest absolute Gasteiger partial charge is 0.412 e. The zero-order chi connectivity index (χ0) is 0. The molecule has 0 fully saturated rings. The van der Waals surface area contributed by atoms with Gasteiger partial charge in [0.05, 0.1) is 0 Å². The Morgan fingerprint density at radius 3 is 0.500 bits per heavy atom. The summed E-state index contributed by atoms with van der Waals surface area (Å²) in [5, 5.41) is 0. The Kier molecular flexibility index (Phi) is 3490. The van der Waals surface area contributed by atoms with E-state index in [0.717, 1.165) is 0 Å². The first-order valence-corrected chi connectivity index (χ1v) is 0. The molecule has 0 spiro atoms. The molecule has 0 unspecified atom stereocenters. The SMILES string of the molecule is O.O.O.O.[Mg].[Zn]. The van der Waals surface area contributed by atoms with Gasteiger partial charge in [0.15, 0.2) is 0 Å². The summed E-state index contributed by atoms with van der Waals surface area (Å²) in [6, 6.07) is 0. The first-order chi connectivity index (χ1) is 0. The molecule has 0 bridgehead atoms. The maximum absolute atomic E-state index is 0. The van der Waals surface area contributed by atoms with Gasteiger partial charge in [-0.2, -0.15) is 0 Å². The molecule has 0 heterocycles. The molecule has 0 amide bonds. The van der Waals surface area contributed by atoms with Crippen molar-refractivity contribution in [3.8, 4) is 0 Å². The van der Waals surface area contributed by atoms with Crippen molar-refractivity contribution >= 4 is 23.1 Å². The van der Waals surface area contributed by atoms with Crippen LogP contribution in [-0.2, 0) is 19.5 Å². The van der Waals surface area contributed by atoms with Crippen molar-refractivity contribution in [2.75, 3.05) is 0 Å². The minimum atomic E-state index is 0. The van der Waals surface area contributed by atoms with Crippen LogP contribution in [0.3, 0.4) is 0 Å². The summed E-state index contributed by atoms with van der Waals surface area (Å²) >= 11 is 0.